The fourth-order valence-corrected chi connectivity index (χ4v) is 3.43. The van der Waals surface area contributed by atoms with E-state index in [1.54, 1.807) is 23.1 Å². The van der Waals surface area contributed by atoms with Gasteiger partial charge in [-0.1, -0.05) is 28.6 Å². The van der Waals surface area contributed by atoms with Crippen molar-refractivity contribution in [3.8, 4) is 0 Å². The first kappa shape index (κ1) is 15.4. The first-order valence-corrected chi connectivity index (χ1v) is 8.37. The lowest BCUT2D eigenvalue weighted by atomic mass is 10.3. The minimum absolute atomic E-state index is 0.0409. The Bertz CT molecular complexity index is 595. The predicted molar refractivity (Wildman–Crippen MR) is 82.8 cm³/mol. The molecule has 5 nitrogen and oxygen atoms in total. The summed E-state index contributed by atoms with van der Waals surface area (Å²) in [7, 11) is 0. The second-order valence-corrected chi connectivity index (χ2v) is 6.22. The zero-order valence-corrected chi connectivity index (χ0v) is 12.7. The molecule has 7 heteroatoms. The van der Waals surface area contributed by atoms with Crippen molar-refractivity contribution in [3.63, 3.8) is 0 Å². The van der Waals surface area contributed by atoms with Crippen LogP contribution < -0.4 is 4.80 Å². The molecule has 1 aromatic carbocycles. The maximum Gasteiger partial charge on any atom is 0.228 e. The molecule has 0 radical (unpaired) electrons. The monoisotopic (exact) mass is 314 g/mol. The van der Waals surface area contributed by atoms with Crippen LogP contribution in [-0.2, 0) is 11.4 Å². The smallest absolute Gasteiger partial charge is 0.228 e. The molecule has 1 aromatic heterocycles. The van der Waals surface area contributed by atoms with Crippen molar-refractivity contribution < 1.29 is 15.1 Å². The predicted octanol–water partition coefficient (Wildman–Crippen LogP) is 1.25. The summed E-state index contributed by atoms with van der Waals surface area (Å²) in [4.78, 5) is 5.88. The van der Waals surface area contributed by atoms with E-state index in [4.69, 9.17) is 15.1 Å². The number of aryl methyl sites for hydroxylation is 1. The average molecular weight is 314 g/mol. The SMILES string of the molecule is OCCO/N=c1\sc2ccccc2n1CCSCCO. The molecule has 0 spiro atoms. The van der Waals surface area contributed by atoms with Crippen molar-refractivity contribution in [1.29, 1.82) is 0 Å². The van der Waals surface area contributed by atoms with Crippen LogP contribution >= 0.6 is 23.1 Å². The molecular formula is C13H18N2O3S2. The zero-order chi connectivity index (χ0) is 14.2. The standard InChI is InChI=1S/C13H18N2O3S2/c16-6-8-18-14-13-15(5-9-19-10-7-17)11-3-1-2-4-12(11)20-13/h1-4,16-17H,5-10H2/b14-13-. The average Bonchev–Trinajstić information content (AvgIpc) is 2.82. The van der Waals surface area contributed by atoms with Gasteiger partial charge in [-0.3, -0.25) is 0 Å². The molecule has 0 fully saturated rings. The molecule has 0 aliphatic carbocycles. The lowest BCUT2D eigenvalue weighted by Crippen LogP contribution is -2.17. The fraction of sp³-hybridized carbons (Fsp3) is 0.462. The van der Waals surface area contributed by atoms with Crippen molar-refractivity contribution >= 4 is 33.3 Å². The van der Waals surface area contributed by atoms with Crippen LogP contribution in [0.2, 0.25) is 0 Å². The van der Waals surface area contributed by atoms with Crippen molar-refractivity contribution in [2.75, 3.05) is 31.3 Å². The van der Waals surface area contributed by atoms with Crippen LogP contribution in [0.3, 0.4) is 0 Å². The van der Waals surface area contributed by atoms with Gasteiger partial charge in [-0.25, -0.2) is 0 Å². The number of thiazole rings is 1. The number of aliphatic hydroxyl groups excluding tert-OH is 2. The molecule has 2 N–H and O–H groups in total. The van der Waals surface area contributed by atoms with Crippen molar-refractivity contribution in [2.24, 2.45) is 5.16 Å². The van der Waals surface area contributed by atoms with Gasteiger partial charge in [0.25, 0.3) is 0 Å². The fourth-order valence-electron chi connectivity index (χ4n) is 1.77. The van der Waals surface area contributed by atoms with E-state index in [9.17, 15) is 0 Å². The van der Waals surface area contributed by atoms with Gasteiger partial charge in [0.2, 0.25) is 4.80 Å². The Balaban J connectivity index is 2.22. The Kier molecular flexibility index (Phi) is 6.38. The van der Waals surface area contributed by atoms with Gasteiger partial charge < -0.3 is 19.6 Å². The molecule has 0 unspecified atom stereocenters. The number of fused-ring (bicyclic) bond motifs is 1. The molecule has 0 amide bonds. The minimum atomic E-state index is -0.0409. The first-order chi connectivity index (χ1) is 9.86. The summed E-state index contributed by atoms with van der Waals surface area (Å²) in [6.07, 6.45) is 0. The highest BCUT2D eigenvalue weighted by Gasteiger charge is 2.05. The molecule has 2 rings (SSSR count). The second-order valence-electron chi connectivity index (χ2n) is 3.99. The van der Waals surface area contributed by atoms with E-state index < -0.39 is 0 Å². The number of aromatic nitrogens is 1. The summed E-state index contributed by atoms with van der Waals surface area (Å²) in [6.45, 7) is 1.18. The number of aliphatic hydroxyl groups is 2. The van der Waals surface area contributed by atoms with Crippen molar-refractivity contribution in [3.05, 3.63) is 29.1 Å². The van der Waals surface area contributed by atoms with Gasteiger partial charge in [0.15, 0.2) is 0 Å². The van der Waals surface area contributed by atoms with Gasteiger partial charge in [0.05, 0.1) is 23.4 Å². The Morgan fingerprint density at radius 2 is 2.05 bits per heavy atom. The Morgan fingerprint density at radius 1 is 1.20 bits per heavy atom. The third kappa shape index (κ3) is 3.99. The van der Waals surface area contributed by atoms with Gasteiger partial charge in [0, 0.05) is 18.1 Å². The Labute approximate surface area is 125 Å². The quantitative estimate of drug-likeness (QED) is 0.568. The van der Waals surface area contributed by atoms with Crippen LogP contribution in [0, 0.1) is 0 Å². The maximum atomic E-state index is 8.81. The zero-order valence-electron chi connectivity index (χ0n) is 11.1. The van der Waals surface area contributed by atoms with E-state index in [0.717, 1.165) is 33.1 Å². The summed E-state index contributed by atoms with van der Waals surface area (Å²) in [5, 5.41) is 21.6. The van der Waals surface area contributed by atoms with Crippen LogP contribution in [0.25, 0.3) is 10.2 Å². The summed E-state index contributed by atoms with van der Waals surface area (Å²) in [6, 6.07) is 8.13. The van der Waals surface area contributed by atoms with E-state index in [1.807, 2.05) is 12.1 Å². The molecule has 110 valence electrons. The van der Waals surface area contributed by atoms with Crippen LogP contribution in [0.5, 0.6) is 0 Å². The van der Waals surface area contributed by atoms with Gasteiger partial charge in [-0.2, -0.15) is 11.8 Å². The highest BCUT2D eigenvalue weighted by atomic mass is 32.2. The molecule has 0 bridgehead atoms. The molecule has 20 heavy (non-hydrogen) atoms. The molecule has 2 aromatic rings. The Hall–Kier alpha value is -1.02. The first-order valence-electron chi connectivity index (χ1n) is 6.40. The molecule has 0 atom stereocenters. The lowest BCUT2D eigenvalue weighted by molar-refractivity contribution is 0.0900. The normalized spacial score (nSPS) is 12.2. The molecule has 0 aliphatic rings. The van der Waals surface area contributed by atoms with E-state index in [2.05, 4.69) is 21.9 Å². The van der Waals surface area contributed by atoms with E-state index in [-0.39, 0.29) is 19.8 Å². The van der Waals surface area contributed by atoms with Crippen molar-refractivity contribution in [2.45, 2.75) is 6.54 Å². The number of thioether (sulfide) groups is 1. The highest BCUT2D eigenvalue weighted by molar-refractivity contribution is 7.99. The highest BCUT2D eigenvalue weighted by Crippen LogP contribution is 2.17. The van der Waals surface area contributed by atoms with Gasteiger partial charge in [0.1, 0.15) is 6.61 Å². The molecule has 0 aliphatic heterocycles. The largest absolute Gasteiger partial charge is 0.396 e. The summed E-state index contributed by atoms with van der Waals surface area (Å²) < 4.78 is 3.27. The molecule has 0 saturated heterocycles. The number of hydrogen-bond donors (Lipinski definition) is 2. The summed E-state index contributed by atoms with van der Waals surface area (Å²) >= 11 is 3.28. The van der Waals surface area contributed by atoms with Crippen LogP contribution in [-0.4, -0.2) is 46.1 Å². The lowest BCUT2D eigenvalue weighted by Gasteiger charge is -2.04. The number of nitrogens with zero attached hydrogens (tertiary/aromatic N) is 2. The van der Waals surface area contributed by atoms with Gasteiger partial charge in [-0.05, 0) is 12.1 Å². The van der Waals surface area contributed by atoms with E-state index in [1.165, 1.54) is 0 Å². The third-order valence-corrected chi connectivity index (χ3v) is 4.59. The number of rotatable bonds is 8. The van der Waals surface area contributed by atoms with Crippen LogP contribution in [0.15, 0.2) is 29.4 Å². The number of hydrogen-bond acceptors (Lipinski definition) is 6. The molecule has 0 saturated carbocycles. The maximum absolute atomic E-state index is 8.81. The molecule has 1 heterocycles. The van der Waals surface area contributed by atoms with Gasteiger partial charge >= 0.3 is 0 Å². The minimum Gasteiger partial charge on any atom is -0.396 e. The third-order valence-electron chi connectivity index (χ3n) is 2.61. The van der Waals surface area contributed by atoms with Gasteiger partial charge in [-0.15, -0.1) is 0 Å². The summed E-state index contributed by atoms with van der Waals surface area (Å²) in [5.74, 6) is 1.66. The van der Waals surface area contributed by atoms with E-state index >= 15 is 0 Å². The Morgan fingerprint density at radius 3 is 2.85 bits per heavy atom. The summed E-state index contributed by atoms with van der Waals surface area (Å²) in [5.41, 5.74) is 1.13. The van der Waals surface area contributed by atoms with Crippen LogP contribution in [0.1, 0.15) is 0 Å². The number of para-hydroxylation sites is 1. The topological polar surface area (TPSA) is 67.0 Å². The second kappa shape index (κ2) is 8.31. The van der Waals surface area contributed by atoms with E-state index in [0.29, 0.717) is 0 Å². The molecular weight excluding hydrogens is 296 g/mol. The number of benzene rings is 1. The van der Waals surface area contributed by atoms with Crippen LogP contribution in [0.4, 0.5) is 0 Å². The van der Waals surface area contributed by atoms with Crippen molar-refractivity contribution in [1.82, 2.24) is 4.57 Å².